The Morgan fingerprint density at radius 3 is 2.55 bits per heavy atom. The van der Waals surface area contributed by atoms with Crippen LogP contribution in [0.1, 0.15) is 32.6 Å². The predicted octanol–water partition coefficient (Wildman–Crippen LogP) is -0.545. The maximum atomic E-state index is 11.9. The summed E-state index contributed by atoms with van der Waals surface area (Å²) in [4.78, 5) is 25.8. The van der Waals surface area contributed by atoms with Crippen molar-refractivity contribution in [3.05, 3.63) is 0 Å². The molecule has 0 bridgehead atoms. The molecular weight excluding hydrogens is 256 g/mol. The first kappa shape index (κ1) is 15.3. The molecular formula is C14H26N4O2. The molecule has 6 heteroatoms. The Balaban J connectivity index is 1.62. The number of rotatable bonds is 4. The van der Waals surface area contributed by atoms with Gasteiger partial charge in [0.15, 0.2) is 0 Å². The average molecular weight is 282 g/mol. The summed E-state index contributed by atoms with van der Waals surface area (Å²) in [5, 5.41) is 9.31. The van der Waals surface area contributed by atoms with Crippen molar-refractivity contribution in [3.63, 3.8) is 0 Å². The van der Waals surface area contributed by atoms with E-state index < -0.39 is 0 Å². The minimum atomic E-state index is -0.184. The lowest BCUT2D eigenvalue weighted by molar-refractivity contribution is -0.132. The maximum Gasteiger partial charge on any atom is 0.238 e. The highest BCUT2D eigenvalue weighted by Gasteiger charge is 2.23. The molecule has 2 unspecified atom stereocenters. The highest BCUT2D eigenvalue weighted by Crippen LogP contribution is 2.09. The van der Waals surface area contributed by atoms with Crippen LogP contribution in [0.2, 0.25) is 0 Å². The van der Waals surface area contributed by atoms with Crippen LogP contribution < -0.4 is 16.0 Å². The summed E-state index contributed by atoms with van der Waals surface area (Å²) < 4.78 is 0. The normalized spacial score (nSPS) is 27.1. The summed E-state index contributed by atoms with van der Waals surface area (Å²) in [5.74, 6) is 0.143. The molecule has 0 aliphatic carbocycles. The van der Waals surface area contributed by atoms with Gasteiger partial charge in [0.1, 0.15) is 0 Å². The molecule has 0 aromatic rings. The van der Waals surface area contributed by atoms with E-state index in [0.717, 1.165) is 32.5 Å². The second kappa shape index (κ2) is 7.59. The molecule has 6 nitrogen and oxygen atoms in total. The standard InChI is InChI=1S/C14H26N4O2/c1-11-9-17-12(10-16-11)14(20)15-6-5-13(19)18-7-3-2-4-8-18/h11-12,16-17H,2-10H2,1H3,(H,15,20). The number of likely N-dealkylation sites (tertiary alicyclic amines) is 1. The van der Waals surface area contributed by atoms with Crippen molar-refractivity contribution in [2.75, 3.05) is 32.7 Å². The number of nitrogens with one attached hydrogen (secondary N) is 3. The molecule has 2 atom stereocenters. The number of hydrogen-bond acceptors (Lipinski definition) is 4. The molecule has 20 heavy (non-hydrogen) atoms. The first-order valence-corrected chi connectivity index (χ1v) is 7.69. The predicted molar refractivity (Wildman–Crippen MR) is 77.3 cm³/mol. The van der Waals surface area contributed by atoms with Crippen LogP contribution in [0.4, 0.5) is 0 Å². The smallest absolute Gasteiger partial charge is 0.238 e. The molecule has 2 saturated heterocycles. The Morgan fingerprint density at radius 1 is 1.15 bits per heavy atom. The van der Waals surface area contributed by atoms with Gasteiger partial charge < -0.3 is 20.9 Å². The third-order valence-electron chi connectivity index (χ3n) is 4.00. The molecule has 0 radical (unpaired) electrons. The van der Waals surface area contributed by atoms with E-state index in [1.54, 1.807) is 0 Å². The summed E-state index contributed by atoms with van der Waals surface area (Å²) in [6.45, 7) is 5.70. The lowest BCUT2D eigenvalue weighted by atomic mass is 10.1. The summed E-state index contributed by atoms with van der Waals surface area (Å²) in [7, 11) is 0. The molecule has 2 heterocycles. The lowest BCUT2D eigenvalue weighted by Gasteiger charge is -2.29. The SMILES string of the molecule is CC1CNC(C(=O)NCCC(=O)N2CCCCC2)CN1. The minimum Gasteiger partial charge on any atom is -0.354 e. The van der Waals surface area contributed by atoms with Gasteiger partial charge in [0, 0.05) is 45.2 Å². The summed E-state index contributed by atoms with van der Waals surface area (Å²) in [6.07, 6.45) is 3.84. The van der Waals surface area contributed by atoms with Crippen LogP contribution in [0.15, 0.2) is 0 Å². The first-order chi connectivity index (χ1) is 9.66. The van der Waals surface area contributed by atoms with Gasteiger partial charge in [0.25, 0.3) is 0 Å². The monoisotopic (exact) mass is 282 g/mol. The van der Waals surface area contributed by atoms with Crippen molar-refractivity contribution in [2.45, 2.75) is 44.7 Å². The lowest BCUT2D eigenvalue weighted by Crippen LogP contribution is -2.59. The Labute approximate surface area is 120 Å². The first-order valence-electron chi connectivity index (χ1n) is 7.69. The van der Waals surface area contributed by atoms with E-state index in [-0.39, 0.29) is 17.9 Å². The van der Waals surface area contributed by atoms with E-state index in [1.807, 2.05) is 4.90 Å². The Bertz CT molecular complexity index is 334. The molecule has 2 aliphatic heterocycles. The number of nitrogens with zero attached hydrogens (tertiary/aromatic N) is 1. The van der Waals surface area contributed by atoms with Crippen LogP contribution in [-0.4, -0.2) is 61.5 Å². The van der Waals surface area contributed by atoms with E-state index in [9.17, 15) is 9.59 Å². The van der Waals surface area contributed by atoms with Gasteiger partial charge in [-0.1, -0.05) is 0 Å². The van der Waals surface area contributed by atoms with Crippen LogP contribution in [0.5, 0.6) is 0 Å². The van der Waals surface area contributed by atoms with E-state index >= 15 is 0 Å². The number of carbonyl (C=O) groups is 2. The summed E-state index contributed by atoms with van der Waals surface area (Å²) >= 11 is 0. The molecule has 2 fully saturated rings. The molecule has 3 N–H and O–H groups in total. The zero-order valence-corrected chi connectivity index (χ0v) is 12.3. The van der Waals surface area contributed by atoms with Crippen molar-refractivity contribution in [2.24, 2.45) is 0 Å². The Kier molecular flexibility index (Phi) is 5.79. The fourth-order valence-corrected chi connectivity index (χ4v) is 2.69. The zero-order chi connectivity index (χ0) is 14.4. The molecule has 2 rings (SSSR count). The number of piperidine rings is 1. The van der Waals surface area contributed by atoms with Gasteiger partial charge in [-0.25, -0.2) is 0 Å². The topological polar surface area (TPSA) is 73.5 Å². The molecule has 2 amide bonds. The van der Waals surface area contributed by atoms with Gasteiger partial charge >= 0.3 is 0 Å². The second-order valence-corrected chi connectivity index (χ2v) is 5.75. The quantitative estimate of drug-likeness (QED) is 0.647. The zero-order valence-electron chi connectivity index (χ0n) is 12.3. The van der Waals surface area contributed by atoms with Gasteiger partial charge in [-0.2, -0.15) is 0 Å². The largest absolute Gasteiger partial charge is 0.354 e. The van der Waals surface area contributed by atoms with Gasteiger partial charge in [0.05, 0.1) is 6.04 Å². The number of amides is 2. The number of hydrogen-bond donors (Lipinski definition) is 3. The average Bonchev–Trinajstić information content (AvgIpc) is 2.48. The van der Waals surface area contributed by atoms with E-state index in [0.29, 0.717) is 25.6 Å². The van der Waals surface area contributed by atoms with E-state index in [1.165, 1.54) is 6.42 Å². The molecule has 0 saturated carbocycles. The van der Waals surface area contributed by atoms with Crippen molar-refractivity contribution in [1.82, 2.24) is 20.9 Å². The molecule has 0 spiro atoms. The van der Waals surface area contributed by atoms with Gasteiger partial charge in [-0.15, -0.1) is 0 Å². The van der Waals surface area contributed by atoms with Crippen LogP contribution in [0.3, 0.4) is 0 Å². The second-order valence-electron chi connectivity index (χ2n) is 5.75. The Hall–Kier alpha value is -1.14. The summed E-state index contributed by atoms with van der Waals surface area (Å²) in [6, 6.07) is 0.219. The minimum absolute atomic E-state index is 0.0177. The van der Waals surface area contributed by atoms with Crippen LogP contribution >= 0.6 is 0 Å². The third-order valence-corrected chi connectivity index (χ3v) is 4.00. The fourth-order valence-electron chi connectivity index (χ4n) is 2.69. The van der Waals surface area contributed by atoms with Crippen molar-refractivity contribution >= 4 is 11.8 Å². The van der Waals surface area contributed by atoms with Crippen molar-refractivity contribution < 1.29 is 9.59 Å². The third kappa shape index (κ3) is 4.45. The van der Waals surface area contributed by atoms with Crippen LogP contribution in [-0.2, 0) is 9.59 Å². The maximum absolute atomic E-state index is 11.9. The van der Waals surface area contributed by atoms with Gasteiger partial charge in [0.2, 0.25) is 11.8 Å². The molecule has 114 valence electrons. The van der Waals surface area contributed by atoms with E-state index in [4.69, 9.17) is 0 Å². The van der Waals surface area contributed by atoms with E-state index in [2.05, 4.69) is 22.9 Å². The summed E-state index contributed by atoms with van der Waals surface area (Å²) in [5.41, 5.74) is 0. The van der Waals surface area contributed by atoms with Crippen molar-refractivity contribution in [3.8, 4) is 0 Å². The van der Waals surface area contributed by atoms with Crippen molar-refractivity contribution in [1.29, 1.82) is 0 Å². The van der Waals surface area contributed by atoms with Gasteiger partial charge in [-0.3, -0.25) is 9.59 Å². The number of carbonyl (C=O) groups excluding carboxylic acids is 2. The molecule has 2 aliphatic rings. The molecule has 0 aromatic heterocycles. The Morgan fingerprint density at radius 2 is 1.90 bits per heavy atom. The molecule has 0 aromatic carbocycles. The highest BCUT2D eigenvalue weighted by molar-refractivity contribution is 5.83. The number of piperazine rings is 1. The van der Waals surface area contributed by atoms with Crippen LogP contribution in [0, 0.1) is 0 Å². The van der Waals surface area contributed by atoms with Gasteiger partial charge in [-0.05, 0) is 26.2 Å². The van der Waals surface area contributed by atoms with Crippen LogP contribution in [0.25, 0.3) is 0 Å². The highest BCUT2D eigenvalue weighted by atomic mass is 16.2. The fraction of sp³-hybridized carbons (Fsp3) is 0.857.